The fraction of sp³-hybridized carbons (Fsp3) is 0.333. The maximum atomic E-state index is 12.4. The van der Waals surface area contributed by atoms with Gasteiger partial charge in [0.15, 0.2) is 0 Å². The van der Waals surface area contributed by atoms with Crippen LogP contribution in [-0.2, 0) is 6.18 Å². The van der Waals surface area contributed by atoms with Crippen molar-refractivity contribution in [3.63, 3.8) is 0 Å². The van der Waals surface area contributed by atoms with Crippen molar-refractivity contribution >= 4 is 0 Å². The highest BCUT2D eigenvalue weighted by Crippen LogP contribution is 2.41. The van der Waals surface area contributed by atoms with Crippen molar-refractivity contribution < 1.29 is 26.7 Å². The van der Waals surface area contributed by atoms with Gasteiger partial charge in [-0.3, -0.25) is 0 Å². The molecule has 0 saturated carbocycles. The Hall–Kier alpha value is -1.33. The molecule has 0 unspecified atom stereocenters. The lowest BCUT2D eigenvalue weighted by molar-refractivity contribution is -0.140. The lowest BCUT2D eigenvalue weighted by atomic mass is 10.1. The Morgan fingerprint density at radius 1 is 1.20 bits per heavy atom. The van der Waals surface area contributed by atoms with Crippen molar-refractivity contribution in [1.29, 1.82) is 0 Å². The van der Waals surface area contributed by atoms with Gasteiger partial charge < -0.3 is 4.74 Å². The summed E-state index contributed by atoms with van der Waals surface area (Å²) in [6.45, 7) is 0. The van der Waals surface area contributed by atoms with Gasteiger partial charge >= 0.3 is 6.18 Å². The van der Waals surface area contributed by atoms with Crippen LogP contribution in [0, 0.1) is 0 Å². The second kappa shape index (κ2) is 4.04. The quantitative estimate of drug-likeness (QED) is 0.699. The summed E-state index contributed by atoms with van der Waals surface area (Å²) in [5.41, 5.74) is -2.48. The van der Waals surface area contributed by atoms with Crippen molar-refractivity contribution in [2.24, 2.45) is 0 Å². The van der Waals surface area contributed by atoms with Crippen LogP contribution in [0.4, 0.5) is 22.0 Å². The number of benzene rings is 1. The molecule has 0 N–H and O–H groups in total. The molecule has 1 aromatic carbocycles. The van der Waals surface area contributed by atoms with Crippen LogP contribution in [0.3, 0.4) is 0 Å². The van der Waals surface area contributed by atoms with Crippen molar-refractivity contribution in [2.45, 2.75) is 12.6 Å². The SMILES string of the molecule is COc1cccc(C(F)F)c1C(F)(F)F. The predicted octanol–water partition coefficient (Wildman–Crippen LogP) is 3.65. The van der Waals surface area contributed by atoms with Gasteiger partial charge in [-0.25, -0.2) is 8.78 Å². The molecule has 1 rings (SSSR count). The molecule has 0 bridgehead atoms. The number of rotatable bonds is 2. The Balaban J connectivity index is 3.41. The van der Waals surface area contributed by atoms with E-state index >= 15 is 0 Å². The van der Waals surface area contributed by atoms with Gasteiger partial charge in [-0.15, -0.1) is 0 Å². The Bertz CT molecular complexity index is 345. The van der Waals surface area contributed by atoms with Crippen LogP contribution in [0.1, 0.15) is 17.6 Å². The summed E-state index contributed by atoms with van der Waals surface area (Å²) >= 11 is 0. The van der Waals surface area contributed by atoms with Crippen molar-refractivity contribution in [1.82, 2.24) is 0 Å². The molecule has 0 amide bonds. The highest BCUT2D eigenvalue weighted by molar-refractivity contribution is 5.43. The second-order valence-corrected chi connectivity index (χ2v) is 2.72. The molecule has 0 aliphatic heterocycles. The first-order valence-electron chi connectivity index (χ1n) is 3.90. The molecule has 0 fully saturated rings. The molecule has 1 nitrogen and oxygen atoms in total. The maximum absolute atomic E-state index is 12.4. The van der Waals surface area contributed by atoms with E-state index in [1.165, 1.54) is 0 Å². The molecule has 6 heteroatoms. The third-order valence-corrected chi connectivity index (χ3v) is 1.80. The molecular weight excluding hydrogens is 219 g/mol. The van der Waals surface area contributed by atoms with Crippen molar-refractivity contribution in [2.75, 3.05) is 7.11 Å². The van der Waals surface area contributed by atoms with E-state index in [-0.39, 0.29) is 0 Å². The summed E-state index contributed by atoms with van der Waals surface area (Å²) in [5.74, 6) is -0.597. The molecule has 0 aliphatic rings. The molecule has 0 spiro atoms. The first-order valence-corrected chi connectivity index (χ1v) is 3.90. The van der Waals surface area contributed by atoms with Gasteiger partial charge in [0.2, 0.25) is 0 Å². The van der Waals surface area contributed by atoms with E-state index in [0.29, 0.717) is 0 Å². The molecule has 0 radical (unpaired) electrons. The molecule has 0 aliphatic carbocycles. The Morgan fingerprint density at radius 2 is 1.80 bits per heavy atom. The molecule has 84 valence electrons. The number of hydrogen-bond acceptors (Lipinski definition) is 1. The molecule has 0 aromatic heterocycles. The average Bonchev–Trinajstić information content (AvgIpc) is 2.15. The summed E-state index contributed by atoms with van der Waals surface area (Å²) in [6.07, 6.45) is -8.03. The minimum absolute atomic E-state index is 0.597. The van der Waals surface area contributed by atoms with Gasteiger partial charge in [-0.05, 0) is 6.07 Å². The molecule has 0 atom stereocenters. The van der Waals surface area contributed by atoms with Crippen LogP contribution >= 0.6 is 0 Å². The van der Waals surface area contributed by atoms with Crippen LogP contribution in [0.5, 0.6) is 5.75 Å². The summed E-state index contributed by atoms with van der Waals surface area (Å²) in [5, 5.41) is 0. The number of halogens is 5. The second-order valence-electron chi connectivity index (χ2n) is 2.72. The first-order chi connectivity index (χ1) is 6.88. The smallest absolute Gasteiger partial charge is 0.420 e. The Labute approximate surface area is 82.5 Å². The number of methoxy groups -OCH3 is 1. The normalized spacial score (nSPS) is 11.9. The summed E-state index contributed by atoms with van der Waals surface area (Å²) in [4.78, 5) is 0. The maximum Gasteiger partial charge on any atom is 0.420 e. The lowest BCUT2D eigenvalue weighted by Gasteiger charge is -2.15. The van der Waals surface area contributed by atoms with E-state index in [4.69, 9.17) is 0 Å². The molecule has 1 aromatic rings. The largest absolute Gasteiger partial charge is 0.496 e. The van der Waals surface area contributed by atoms with Gasteiger partial charge in [0, 0.05) is 5.56 Å². The number of hydrogen-bond donors (Lipinski definition) is 0. The van der Waals surface area contributed by atoms with E-state index in [1.54, 1.807) is 0 Å². The first kappa shape index (κ1) is 11.7. The predicted molar refractivity (Wildman–Crippen MR) is 43.0 cm³/mol. The fourth-order valence-corrected chi connectivity index (χ4v) is 1.20. The van der Waals surface area contributed by atoms with Crippen molar-refractivity contribution in [3.8, 4) is 5.75 Å². The highest BCUT2D eigenvalue weighted by atomic mass is 19.4. The van der Waals surface area contributed by atoms with Gasteiger partial charge in [-0.2, -0.15) is 13.2 Å². The molecule has 15 heavy (non-hydrogen) atoms. The topological polar surface area (TPSA) is 9.23 Å². The van der Waals surface area contributed by atoms with E-state index in [2.05, 4.69) is 4.74 Å². The zero-order chi connectivity index (χ0) is 11.6. The minimum Gasteiger partial charge on any atom is -0.496 e. The third kappa shape index (κ3) is 2.37. The molecule has 0 heterocycles. The third-order valence-electron chi connectivity index (χ3n) is 1.80. The zero-order valence-corrected chi connectivity index (χ0v) is 7.61. The van der Waals surface area contributed by atoms with Crippen LogP contribution in [0.2, 0.25) is 0 Å². The highest BCUT2D eigenvalue weighted by Gasteiger charge is 2.38. The van der Waals surface area contributed by atoms with Crippen molar-refractivity contribution in [3.05, 3.63) is 29.3 Å². The fourth-order valence-electron chi connectivity index (χ4n) is 1.20. The number of ether oxygens (including phenoxy) is 1. The standard InChI is InChI=1S/C9H7F5O/c1-15-6-4-2-3-5(8(10)11)7(6)9(12,13)14/h2-4,8H,1H3. The zero-order valence-electron chi connectivity index (χ0n) is 7.61. The summed E-state index contributed by atoms with van der Waals surface area (Å²) in [7, 11) is 1.000. The van der Waals surface area contributed by atoms with Gasteiger partial charge in [0.25, 0.3) is 6.43 Å². The van der Waals surface area contributed by atoms with E-state index < -0.39 is 29.5 Å². The molecule has 0 saturated heterocycles. The summed E-state index contributed by atoms with van der Waals surface area (Å²) in [6, 6.07) is 2.82. The average molecular weight is 226 g/mol. The minimum atomic E-state index is -4.85. The van der Waals surface area contributed by atoms with Gasteiger partial charge in [0.1, 0.15) is 11.3 Å². The van der Waals surface area contributed by atoms with E-state index in [0.717, 1.165) is 25.3 Å². The lowest BCUT2D eigenvalue weighted by Crippen LogP contribution is -2.11. The van der Waals surface area contributed by atoms with E-state index in [1.807, 2.05) is 0 Å². The Morgan fingerprint density at radius 3 is 2.20 bits per heavy atom. The van der Waals surface area contributed by atoms with Crippen LogP contribution in [0.25, 0.3) is 0 Å². The van der Waals surface area contributed by atoms with Crippen LogP contribution in [-0.4, -0.2) is 7.11 Å². The van der Waals surface area contributed by atoms with Gasteiger partial charge in [-0.1, -0.05) is 12.1 Å². The Kier molecular flexibility index (Phi) is 3.16. The molecular formula is C9H7F5O. The summed E-state index contributed by atoms with van der Waals surface area (Å²) < 4.78 is 66.4. The van der Waals surface area contributed by atoms with Crippen LogP contribution in [0.15, 0.2) is 18.2 Å². The van der Waals surface area contributed by atoms with E-state index in [9.17, 15) is 22.0 Å². The van der Waals surface area contributed by atoms with Gasteiger partial charge in [0.05, 0.1) is 7.11 Å². The number of alkyl halides is 5. The van der Waals surface area contributed by atoms with Crippen LogP contribution < -0.4 is 4.74 Å². The monoisotopic (exact) mass is 226 g/mol.